The Labute approximate surface area is 130 Å². The van der Waals surface area contributed by atoms with Crippen molar-refractivity contribution in [1.82, 2.24) is 0 Å². The van der Waals surface area contributed by atoms with Gasteiger partial charge in [-0.1, -0.05) is 54.6 Å². The second-order valence-electron chi connectivity index (χ2n) is 4.58. The van der Waals surface area contributed by atoms with E-state index in [0.29, 0.717) is 17.2 Å². The van der Waals surface area contributed by atoms with Crippen molar-refractivity contribution in [2.75, 3.05) is 0 Å². The molecule has 0 fully saturated rings. The predicted octanol–water partition coefficient (Wildman–Crippen LogP) is 4.21. The van der Waals surface area contributed by atoms with Crippen LogP contribution in [0, 0.1) is 0 Å². The van der Waals surface area contributed by atoms with Gasteiger partial charge >= 0.3 is 7.32 Å². The molecule has 0 bridgehead atoms. The van der Waals surface area contributed by atoms with Crippen LogP contribution in [-0.2, 0) is 0 Å². The molecule has 0 saturated heterocycles. The van der Waals surface area contributed by atoms with Crippen molar-refractivity contribution in [3.63, 3.8) is 0 Å². The van der Waals surface area contributed by atoms with E-state index < -0.39 is 7.32 Å². The summed E-state index contributed by atoms with van der Waals surface area (Å²) < 4.78 is 17.3. The first-order valence-electron chi connectivity index (χ1n) is 7.05. The van der Waals surface area contributed by atoms with Crippen LogP contribution in [0.2, 0.25) is 0 Å². The van der Waals surface area contributed by atoms with E-state index in [2.05, 4.69) is 0 Å². The zero-order chi connectivity index (χ0) is 15.0. The zero-order valence-electron chi connectivity index (χ0n) is 12.0. The highest BCUT2D eigenvalue weighted by Gasteiger charge is 2.09. The summed E-state index contributed by atoms with van der Waals surface area (Å²) in [4.78, 5) is 0. The molecular formula is C18H15BO3-. The summed E-state index contributed by atoms with van der Waals surface area (Å²) in [6, 6.07) is 28.3. The third kappa shape index (κ3) is 4.06. The zero-order valence-corrected chi connectivity index (χ0v) is 12.0. The van der Waals surface area contributed by atoms with Crippen LogP contribution in [0.25, 0.3) is 0 Å². The van der Waals surface area contributed by atoms with E-state index in [9.17, 15) is 0 Å². The van der Waals surface area contributed by atoms with Crippen LogP contribution in [0.3, 0.4) is 0 Å². The Morgan fingerprint density at radius 1 is 0.409 bits per heavy atom. The number of benzene rings is 3. The summed E-state index contributed by atoms with van der Waals surface area (Å²) in [5.41, 5.74) is 0. The third-order valence-corrected chi connectivity index (χ3v) is 2.93. The third-order valence-electron chi connectivity index (χ3n) is 2.93. The van der Waals surface area contributed by atoms with Crippen molar-refractivity contribution in [3.8, 4) is 17.2 Å². The second-order valence-corrected chi connectivity index (χ2v) is 4.58. The summed E-state index contributed by atoms with van der Waals surface area (Å²) in [7, 11) is -0.868. The van der Waals surface area contributed by atoms with Crippen molar-refractivity contribution in [2.45, 2.75) is 0 Å². The fraction of sp³-hybridized carbons (Fsp3) is 0. The van der Waals surface area contributed by atoms with E-state index in [0.717, 1.165) is 0 Å². The van der Waals surface area contributed by atoms with Gasteiger partial charge in [0.25, 0.3) is 0 Å². The normalized spacial score (nSPS) is 10.2. The van der Waals surface area contributed by atoms with Crippen LogP contribution in [0.5, 0.6) is 17.2 Å². The minimum atomic E-state index is -0.868. The van der Waals surface area contributed by atoms with Crippen molar-refractivity contribution in [1.29, 1.82) is 0 Å². The highest BCUT2D eigenvalue weighted by atomic mass is 16.7. The van der Waals surface area contributed by atoms with E-state index in [-0.39, 0.29) is 0 Å². The molecule has 1 radical (unpaired) electrons. The van der Waals surface area contributed by atoms with Crippen molar-refractivity contribution in [2.24, 2.45) is 0 Å². The van der Waals surface area contributed by atoms with E-state index in [1.54, 1.807) is 0 Å². The SMILES string of the molecule is c1ccc(O[B-](Oc2ccccc2)Oc2ccccc2)cc1. The summed E-state index contributed by atoms with van der Waals surface area (Å²) >= 11 is 0. The van der Waals surface area contributed by atoms with Gasteiger partial charge in [0.15, 0.2) is 0 Å². The van der Waals surface area contributed by atoms with Gasteiger partial charge in [-0.25, -0.2) is 0 Å². The van der Waals surface area contributed by atoms with Crippen LogP contribution in [0.4, 0.5) is 0 Å². The van der Waals surface area contributed by atoms with Gasteiger partial charge in [-0.15, -0.1) is 0 Å². The lowest BCUT2D eigenvalue weighted by Gasteiger charge is -2.32. The Bertz CT molecular complexity index is 576. The standard InChI is InChI=1S/C18H15BO3/c1-4-10-16(11-5-1)20-19(21-17-12-6-2-7-13-17)22-18-14-8-3-9-15-18/h1-15H/q-1. The van der Waals surface area contributed by atoms with Crippen LogP contribution < -0.4 is 14.0 Å². The van der Waals surface area contributed by atoms with Gasteiger partial charge in [-0.3, -0.25) is 0 Å². The van der Waals surface area contributed by atoms with Crippen LogP contribution in [0.15, 0.2) is 91.0 Å². The molecule has 0 spiro atoms. The first kappa shape index (κ1) is 14.1. The van der Waals surface area contributed by atoms with E-state index >= 15 is 0 Å². The van der Waals surface area contributed by atoms with Gasteiger partial charge in [-0.05, 0) is 36.4 Å². The van der Waals surface area contributed by atoms with Crippen LogP contribution in [-0.4, -0.2) is 7.32 Å². The van der Waals surface area contributed by atoms with Crippen LogP contribution in [0.1, 0.15) is 0 Å². The molecule has 109 valence electrons. The first-order valence-corrected chi connectivity index (χ1v) is 7.05. The molecule has 3 aromatic rings. The molecule has 3 rings (SSSR count). The van der Waals surface area contributed by atoms with E-state index in [1.165, 1.54) is 0 Å². The summed E-state index contributed by atoms with van der Waals surface area (Å²) in [6.07, 6.45) is 0. The molecule has 4 heteroatoms. The van der Waals surface area contributed by atoms with Crippen molar-refractivity contribution in [3.05, 3.63) is 91.0 Å². The molecule has 0 aromatic heterocycles. The molecule has 0 aliphatic carbocycles. The average molecular weight is 290 g/mol. The fourth-order valence-corrected chi connectivity index (χ4v) is 1.90. The molecule has 3 aromatic carbocycles. The molecule has 0 aliphatic rings. The molecule has 3 nitrogen and oxygen atoms in total. The summed E-state index contributed by atoms with van der Waals surface area (Å²) in [5, 5.41) is 0. The van der Waals surface area contributed by atoms with Gasteiger partial charge in [0.1, 0.15) is 0 Å². The smallest absolute Gasteiger partial charge is 0.520 e. The maximum absolute atomic E-state index is 5.78. The second kappa shape index (κ2) is 7.22. The molecule has 0 heterocycles. The Hall–Kier alpha value is -2.88. The molecule has 0 unspecified atom stereocenters. The highest BCUT2D eigenvalue weighted by Crippen LogP contribution is 2.17. The number of para-hydroxylation sites is 3. The van der Waals surface area contributed by atoms with Crippen molar-refractivity contribution >= 4 is 7.32 Å². The monoisotopic (exact) mass is 290 g/mol. The molecule has 22 heavy (non-hydrogen) atoms. The predicted molar refractivity (Wildman–Crippen MR) is 87.0 cm³/mol. The lowest BCUT2D eigenvalue weighted by atomic mass is 10.2. The average Bonchev–Trinajstić information content (AvgIpc) is 2.57. The quantitative estimate of drug-likeness (QED) is 0.636. The molecule has 0 saturated carbocycles. The van der Waals surface area contributed by atoms with Gasteiger partial charge in [0.05, 0.1) is 17.2 Å². The lowest BCUT2D eigenvalue weighted by Crippen LogP contribution is -2.36. The lowest BCUT2D eigenvalue weighted by molar-refractivity contribution is 0.307. The van der Waals surface area contributed by atoms with Crippen LogP contribution >= 0.6 is 0 Å². The molecule has 0 N–H and O–H groups in total. The van der Waals surface area contributed by atoms with Gasteiger partial charge in [0, 0.05) is 0 Å². The summed E-state index contributed by atoms with van der Waals surface area (Å²) in [5.74, 6) is 2.04. The molecule has 0 amide bonds. The minimum Gasteiger partial charge on any atom is -0.669 e. The molecule has 0 aliphatic heterocycles. The molecular weight excluding hydrogens is 275 g/mol. The van der Waals surface area contributed by atoms with Crippen molar-refractivity contribution < 1.29 is 14.0 Å². The Kier molecular flexibility index (Phi) is 4.62. The van der Waals surface area contributed by atoms with E-state index in [4.69, 9.17) is 14.0 Å². The highest BCUT2D eigenvalue weighted by molar-refractivity contribution is 6.39. The maximum atomic E-state index is 5.78. The Morgan fingerprint density at radius 3 is 0.955 bits per heavy atom. The summed E-state index contributed by atoms with van der Waals surface area (Å²) in [6.45, 7) is 0. The van der Waals surface area contributed by atoms with E-state index in [1.807, 2.05) is 91.0 Å². The Balaban J connectivity index is 1.75. The largest absolute Gasteiger partial charge is 0.669 e. The number of rotatable bonds is 6. The minimum absolute atomic E-state index is 0.680. The van der Waals surface area contributed by atoms with Gasteiger partial charge in [0.2, 0.25) is 0 Å². The molecule has 0 atom stereocenters. The Morgan fingerprint density at radius 2 is 0.682 bits per heavy atom. The number of hydrogen-bond donors (Lipinski definition) is 0. The van der Waals surface area contributed by atoms with Gasteiger partial charge < -0.3 is 14.0 Å². The fourth-order valence-electron chi connectivity index (χ4n) is 1.90. The number of hydrogen-bond acceptors (Lipinski definition) is 3. The topological polar surface area (TPSA) is 27.7 Å². The maximum Gasteiger partial charge on any atom is 0.520 e. The van der Waals surface area contributed by atoms with Gasteiger partial charge in [-0.2, -0.15) is 0 Å². The first-order chi connectivity index (χ1) is 10.9.